The molecule has 0 bridgehead atoms. The monoisotopic (exact) mass is 377 g/mol. The number of amides is 1. The quantitative estimate of drug-likeness (QED) is 0.701. The van der Waals surface area contributed by atoms with Gasteiger partial charge in [0.1, 0.15) is 5.82 Å². The van der Waals surface area contributed by atoms with Crippen LogP contribution in [0.3, 0.4) is 0 Å². The Morgan fingerprint density at radius 1 is 1.18 bits per heavy atom. The van der Waals surface area contributed by atoms with Crippen molar-refractivity contribution in [2.45, 2.75) is 25.8 Å². The number of fused-ring (bicyclic) bond motifs is 1. The van der Waals surface area contributed by atoms with E-state index in [9.17, 15) is 9.18 Å². The molecule has 1 unspecified atom stereocenters. The van der Waals surface area contributed by atoms with Crippen LogP contribution < -0.4 is 5.32 Å². The van der Waals surface area contributed by atoms with E-state index in [2.05, 4.69) is 45.7 Å². The van der Waals surface area contributed by atoms with Gasteiger partial charge in [-0.1, -0.05) is 24.3 Å². The summed E-state index contributed by atoms with van der Waals surface area (Å²) in [5.41, 5.74) is 3.21. The first kappa shape index (κ1) is 17.4. The third-order valence-electron chi connectivity index (χ3n) is 6.52. The van der Waals surface area contributed by atoms with Crippen molar-refractivity contribution < 1.29 is 9.18 Å². The topological polar surface area (TPSA) is 48.1 Å². The summed E-state index contributed by atoms with van der Waals surface area (Å²) in [5, 5.41) is 4.18. The summed E-state index contributed by atoms with van der Waals surface area (Å²) in [7, 11) is 0. The van der Waals surface area contributed by atoms with Crippen LogP contribution in [-0.2, 0) is 11.3 Å². The first-order valence-electron chi connectivity index (χ1n) is 9.97. The van der Waals surface area contributed by atoms with Gasteiger partial charge in [0.2, 0.25) is 5.91 Å². The van der Waals surface area contributed by atoms with Gasteiger partial charge in [-0.25, -0.2) is 4.39 Å². The number of carbonyl (C=O) groups is 1. The van der Waals surface area contributed by atoms with E-state index >= 15 is 0 Å². The zero-order valence-corrected chi connectivity index (χ0v) is 15.7. The lowest BCUT2D eigenvalue weighted by molar-refractivity contribution is -0.118. The van der Waals surface area contributed by atoms with E-state index in [-0.39, 0.29) is 23.1 Å². The summed E-state index contributed by atoms with van der Waals surface area (Å²) in [6.45, 7) is 2.98. The molecule has 1 aliphatic heterocycles. The molecule has 144 valence electrons. The predicted molar refractivity (Wildman–Crippen MR) is 108 cm³/mol. The van der Waals surface area contributed by atoms with Gasteiger partial charge < -0.3 is 10.3 Å². The van der Waals surface area contributed by atoms with E-state index in [0.29, 0.717) is 5.69 Å². The average Bonchev–Trinajstić information content (AvgIpc) is 3.26. The number of benzene rings is 2. The summed E-state index contributed by atoms with van der Waals surface area (Å²) < 4.78 is 13.3. The Balaban J connectivity index is 1.18. The highest BCUT2D eigenvalue weighted by atomic mass is 19.1. The SMILES string of the molecule is O=C(Nc1cccc(F)c1)C1CC12CCN(Cc1c[nH]c3ccccc13)CC2. The van der Waals surface area contributed by atoms with Gasteiger partial charge in [-0.3, -0.25) is 9.69 Å². The van der Waals surface area contributed by atoms with E-state index in [1.165, 1.54) is 28.6 Å². The van der Waals surface area contributed by atoms with Crippen molar-refractivity contribution in [2.75, 3.05) is 18.4 Å². The summed E-state index contributed by atoms with van der Waals surface area (Å²) >= 11 is 0. The molecule has 0 radical (unpaired) electrons. The fourth-order valence-electron chi connectivity index (χ4n) is 4.73. The van der Waals surface area contributed by atoms with Gasteiger partial charge >= 0.3 is 0 Å². The number of carbonyl (C=O) groups excluding carboxylic acids is 1. The van der Waals surface area contributed by atoms with Crippen LogP contribution in [0.1, 0.15) is 24.8 Å². The molecular formula is C23H24FN3O. The third-order valence-corrected chi connectivity index (χ3v) is 6.52. The molecule has 1 atom stereocenters. The van der Waals surface area contributed by atoms with E-state index in [1.54, 1.807) is 12.1 Å². The van der Waals surface area contributed by atoms with Crippen molar-refractivity contribution in [1.29, 1.82) is 0 Å². The van der Waals surface area contributed by atoms with Gasteiger partial charge in [-0.2, -0.15) is 0 Å². The van der Waals surface area contributed by atoms with Gasteiger partial charge in [0.15, 0.2) is 0 Å². The number of H-pyrrole nitrogens is 1. The maximum absolute atomic E-state index is 13.3. The maximum Gasteiger partial charge on any atom is 0.228 e. The lowest BCUT2D eigenvalue weighted by atomic mass is 9.90. The predicted octanol–water partition coefficient (Wildman–Crippen LogP) is 4.55. The summed E-state index contributed by atoms with van der Waals surface area (Å²) in [6, 6.07) is 14.5. The van der Waals surface area contributed by atoms with Crippen molar-refractivity contribution >= 4 is 22.5 Å². The molecular weight excluding hydrogens is 353 g/mol. The molecule has 1 saturated heterocycles. The van der Waals surface area contributed by atoms with Crippen molar-refractivity contribution in [3.8, 4) is 0 Å². The molecule has 1 aromatic heterocycles. The molecule has 5 heteroatoms. The molecule has 28 heavy (non-hydrogen) atoms. The number of para-hydroxylation sites is 1. The second-order valence-corrected chi connectivity index (χ2v) is 8.25. The largest absolute Gasteiger partial charge is 0.361 e. The number of hydrogen-bond donors (Lipinski definition) is 2. The van der Waals surface area contributed by atoms with Gasteiger partial charge in [0, 0.05) is 35.2 Å². The number of anilines is 1. The lowest BCUT2D eigenvalue weighted by Crippen LogP contribution is -2.35. The first-order valence-corrected chi connectivity index (χ1v) is 9.97. The Morgan fingerprint density at radius 3 is 2.82 bits per heavy atom. The van der Waals surface area contributed by atoms with Crippen LogP contribution in [-0.4, -0.2) is 28.9 Å². The Bertz CT molecular complexity index is 1020. The van der Waals surface area contributed by atoms with Gasteiger partial charge in [-0.15, -0.1) is 0 Å². The minimum absolute atomic E-state index is 0.0377. The number of piperidine rings is 1. The third kappa shape index (κ3) is 3.20. The minimum atomic E-state index is -0.325. The van der Waals surface area contributed by atoms with Crippen molar-refractivity contribution in [2.24, 2.45) is 11.3 Å². The molecule has 1 saturated carbocycles. The molecule has 1 spiro atoms. The number of halogens is 1. The second kappa shape index (κ2) is 6.74. The van der Waals surface area contributed by atoms with Crippen LogP contribution >= 0.6 is 0 Å². The Kier molecular flexibility index (Phi) is 4.20. The number of aromatic nitrogens is 1. The number of hydrogen-bond acceptors (Lipinski definition) is 2. The highest BCUT2D eigenvalue weighted by Gasteiger charge is 2.58. The molecule has 2 heterocycles. The maximum atomic E-state index is 13.3. The molecule has 2 N–H and O–H groups in total. The number of nitrogens with zero attached hydrogens (tertiary/aromatic N) is 1. The fourth-order valence-corrected chi connectivity index (χ4v) is 4.73. The average molecular weight is 377 g/mol. The Labute approximate surface area is 163 Å². The minimum Gasteiger partial charge on any atom is -0.361 e. The highest BCUT2D eigenvalue weighted by molar-refractivity contribution is 5.95. The fraction of sp³-hybridized carbons (Fsp3) is 0.348. The summed E-state index contributed by atoms with van der Waals surface area (Å²) in [6.07, 6.45) is 5.17. The molecule has 2 aliphatic rings. The van der Waals surface area contributed by atoms with Gasteiger partial charge in [0.25, 0.3) is 0 Å². The van der Waals surface area contributed by atoms with Crippen LogP contribution in [0.15, 0.2) is 54.7 Å². The van der Waals surface area contributed by atoms with Crippen LogP contribution in [0.5, 0.6) is 0 Å². The van der Waals surface area contributed by atoms with Gasteiger partial charge in [0.05, 0.1) is 0 Å². The van der Waals surface area contributed by atoms with Crippen molar-refractivity contribution in [3.05, 3.63) is 66.1 Å². The van der Waals surface area contributed by atoms with Crippen LogP contribution in [0.4, 0.5) is 10.1 Å². The number of rotatable bonds is 4. The van der Waals surface area contributed by atoms with E-state index in [1.807, 2.05) is 0 Å². The smallest absolute Gasteiger partial charge is 0.228 e. The Morgan fingerprint density at radius 2 is 2.00 bits per heavy atom. The second-order valence-electron chi connectivity index (χ2n) is 8.25. The molecule has 1 aliphatic carbocycles. The van der Waals surface area contributed by atoms with Crippen LogP contribution in [0.2, 0.25) is 0 Å². The standard InChI is InChI=1S/C23H24FN3O/c24-17-4-3-5-18(12-17)26-22(28)20-13-23(20)8-10-27(11-9-23)15-16-14-25-21-7-2-1-6-19(16)21/h1-7,12,14,20,25H,8-11,13,15H2,(H,26,28). The van der Waals surface area contributed by atoms with E-state index in [4.69, 9.17) is 0 Å². The highest BCUT2D eigenvalue weighted by Crippen LogP contribution is 2.59. The lowest BCUT2D eigenvalue weighted by Gasteiger charge is -2.32. The van der Waals surface area contributed by atoms with Crippen molar-refractivity contribution in [3.63, 3.8) is 0 Å². The molecule has 2 aromatic carbocycles. The summed E-state index contributed by atoms with van der Waals surface area (Å²) in [4.78, 5) is 18.4. The summed E-state index contributed by atoms with van der Waals surface area (Å²) in [5.74, 6) is -0.226. The normalized spacial score (nSPS) is 21.1. The Hall–Kier alpha value is -2.66. The number of nitrogens with one attached hydrogen (secondary N) is 2. The molecule has 4 nitrogen and oxygen atoms in total. The molecule has 1 amide bonds. The van der Waals surface area contributed by atoms with E-state index in [0.717, 1.165) is 38.9 Å². The number of likely N-dealkylation sites (tertiary alicyclic amines) is 1. The number of aromatic amines is 1. The zero-order valence-electron chi connectivity index (χ0n) is 15.7. The van der Waals surface area contributed by atoms with Crippen molar-refractivity contribution in [1.82, 2.24) is 9.88 Å². The molecule has 5 rings (SSSR count). The molecule has 2 fully saturated rings. The first-order chi connectivity index (χ1) is 13.6. The van der Waals surface area contributed by atoms with Crippen LogP contribution in [0.25, 0.3) is 10.9 Å². The van der Waals surface area contributed by atoms with E-state index < -0.39 is 0 Å². The van der Waals surface area contributed by atoms with Crippen LogP contribution in [0, 0.1) is 17.2 Å². The zero-order chi connectivity index (χ0) is 19.1. The van der Waals surface area contributed by atoms with Gasteiger partial charge in [-0.05, 0) is 67.6 Å². The molecule has 3 aromatic rings.